The van der Waals surface area contributed by atoms with E-state index in [9.17, 15) is 44.3 Å². The van der Waals surface area contributed by atoms with Crippen LogP contribution >= 0.6 is 0 Å². The molecule has 37 heavy (non-hydrogen) atoms. The number of nitrogens with zero attached hydrogens (tertiary/aromatic N) is 2. The summed E-state index contributed by atoms with van der Waals surface area (Å²) in [5.74, 6) is -2.32. The number of fused-ring (bicyclic) bond motifs is 1. The zero-order valence-electron chi connectivity index (χ0n) is 19.2. The quantitative estimate of drug-likeness (QED) is 0.397. The number of carbonyl (C=O) groups is 2. The van der Waals surface area contributed by atoms with E-state index >= 15 is 0 Å². The van der Waals surface area contributed by atoms with Crippen LogP contribution in [0.5, 0.6) is 0 Å². The SMILES string of the molecule is COC[C@@H]1CCCN1S(=O)(=O)c1ccc2c(c1)C(=O)C(=O)N2Cc1cc(C(F)(F)F)cc(C(F)(F)F)c1. The molecule has 0 bridgehead atoms. The summed E-state index contributed by atoms with van der Waals surface area (Å²) in [5, 5.41) is 0. The van der Waals surface area contributed by atoms with E-state index in [1.54, 1.807) is 0 Å². The number of methoxy groups -OCH3 is 1. The van der Waals surface area contributed by atoms with Gasteiger partial charge in [0, 0.05) is 19.7 Å². The zero-order chi connectivity index (χ0) is 27.3. The number of alkyl halides is 6. The van der Waals surface area contributed by atoms with Crippen molar-refractivity contribution in [2.75, 3.05) is 25.2 Å². The number of halogens is 6. The van der Waals surface area contributed by atoms with Crippen LogP contribution in [-0.4, -0.2) is 50.7 Å². The van der Waals surface area contributed by atoms with Gasteiger partial charge in [-0.25, -0.2) is 8.42 Å². The van der Waals surface area contributed by atoms with Crippen molar-refractivity contribution in [2.24, 2.45) is 0 Å². The van der Waals surface area contributed by atoms with E-state index in [0.29, 0.717) is 25.0 Å². The molecule has 2 heterocycles. The molecule has 200 valence electrons. The molecule has 0 aliphatic carbocycles. The molecular weight excluding hydrogens is 530 g/mol. The van der Waals surface area contributed by atoms with Crippen LogP contribution in [0.25, 0.3) is 0 Å². The second kappa shape index (κ2) is 9.40. The maximum atomic E-state index is 13.2. The van der Waals surface area contributed by atoms with Gasteiger partial charge in [0.15, 0.2) is 0 Å². The van der Waals surface area contributed by atoms with Crippen molar-refractivity contribution < 1.29 is 49.1 Å². The lowest BCUT2D eigenvalue weighted by Gasteiger charge is -2.24. The van der Waals surface area contributed by atoms with Gasteiger partial charge in [0.05, 0.1) is 40.4 Å². The van der Waals surface area contributed by atoms with Crippen molar-refractivity contribution in [3.63, 3.8) is 0 Å². The molecule has 1 saturated heterocycles. The summed E-state index contributed by atoms with van der Waals surface area (Å²) >= 11 is 0. The Labute approximate surface area is 207 Å². The fraction of sp³-hybridized carbons (Fsp3) is 0.391. The average Bonchev–Trinajstić information content (AvgIpc) is 3.37. The second-order valence-corrected chi connectivity index (χ2v) is 10.6. The fourth-order valence-electron chi connectivity index (χ4n) is 4.51. The van der Waals surface area contributed by atoms with Crippen LogP contribution in [0.1, 0.15) is 39.9 Å². The van der Waals surface area contributed by atoms with Gasteiger partial charge >= 0.3 is 12.4 Å². The number of sulfonamides is 1. The molecule has 0 saturated carbocycles. The molecule has 0 aromatic heterocycles. The summed E-state index contributed by atoms with van der Waals surface area (Å²) in [5.41, 5.74) is -4.06. The van der Waals surface area contributed by atoms with E-state index in [1.807, 2.05) is 0 Å². The Kier molecular flexibility index (Phi) is 6.88. The summed E-state index contributed by atoms with van der Waals surface area (Å²) in [6.45, 7) is -0.380. The molecule has 2 aromatic rings. The minimum atomic E-state index is -5.09. The Morgan fingerprint density at radius 3 is 2.16 bits per heavy atom. The molecule has 2 aliphatic rings. The summed E-state index contributed by atoms with van der Waals surface area (Å²) in [7, 11) is -2.64. The van der Waals surface area contributed by atoms with E-state index in [2.05, 4.69) is 0 Å². The lowest BCUT2D eigenvalue weighted by atomic mass is 10.0. The fourth-order valence-corrected chi connectivity index (χ4v) is 6.22. The first kappa shape index (κ1) is 27.1. The van der Waals surface area contributed by atoms with Crippen molar-refractivity contribution in [3.8, 4) is 0 Å². The Hall–Kier alpha value is -2.97. The largest absolute Gasteiger partial charge is 0.416 e. The number of Topliss-reactive ketones (excluding diaryl/α,β-unsaturated/α-hetero) is 1. The molecule has 14 heteroatoms. The summed E-state index contributed by atoms with van der Waals surface area (Å²) in [4.78, 5) is 25.7. The van der Waals surface area contributed by atoms with Crippen LogP contribution in [0.2, 0.25) is 0 Å². The highest BCUT2D eigenvalue weighted by molar-refractivity contribution is 7.89. The third-order valence-electron chi connectivity index (χ3n) is 6.22. The molecule has 2 aliphatic heterocycles. The van der Waals surface area contributed by atoms with Gasteiger partial charge in [-0.05, 0) is 54.8 Å². The monoisotopic (exact) mass is 550 g/mol. The van der Waals surface area contributed by atoms with Crippen LogP contribution in [0.15, 0.2) is 41.3 Å². The first-order valence-electron chi connectivity index (χ1n) is 10.9. The Bertz CT molecular complexity index is 1320. The minimum absolute atomic E-state index is 0.0409. The topological polar surface area (TPSA) is 84.0 Å². The van der Waals surface area contributed by atoms with Gasteiger partial charge in [-0.15, -0.1) is 0 Å². The van der Waals surface area contributed by atoms with Gasteiger partial charge in [0.25, 0.3) is 11.7 Å². The van der Waals surface area contributed by atoms with Gasteiger partial charge in [0.2, 0.25) is 10.0 Å². The van der Waals surface area contributed by atoms with Gasteiger partial charge in [-0.1, -0.05) is 0 Å². The maximum absolute atomic E-state index is 13.2. The number of benzene rings is 2. The summed E-state index contributed by atoms with van der Waals surface area (Å²) < 4.78 is 112. The van der Waals surface area contributed by atoms with E-state index in [0.717, 1.165) is 23.1 Å². The average molecular weight is 550 g/mol. The molecular formula is C23H20F6N2O5S. The van der Waals surface area contributed by atoms with Gasteiger partial charge < -0.3 is 9.64 Å². The maximum Gasteiger partial charge on any atom is 0.416 e. The number of amides is 1. The van der Waals surface area contributed by atoms with Crippen LogP contribution in [0.4, 0.5) is 32.0 Å². The van der Waals surface area contributed by atoms with Gasteiger partial charge in [-0.3, -0.25) is 9.59 Å². The Morgan fingerprint density at radius 1 is 0.973 bits per heavy atom. The van der Waals surface area contributed by atoms with E-state index in [-0.39, 0.29) is 35.4 Å². The highest BCUT2D eigenvalue weighted by Gasteiger charge is 2.41. The first-order valence-corrected chi connectivity index (χ1v) is 12.4. The van der Waals surface area contributed by atoms with Crippen molar-refractivity contribution in [1.29, 1.82) is 0 Å². The molecule has 7 nitrogen and oxygen atoms in total. The number of anilines is 1. The van der Waals surface area contributed by atoms with E-state index in [4.69, 9.17) is 4.74 Å². The molecule has 0 N–H and O–H groups in total. The molecule has 1 fully saturated rings. The van der Waals surface area contributed by atoms with E-state index in [1.165, 1.54) is 11.4 Å². The number of ketones is 1. The number of hydrogen-bond donors (Lipinski definition) is 0. The smallest absolute Gasteiger partial charge is 0.383 e. The van der Waals surface area contributed by atoms with Crippen LogP contribution in [0.3, 0.4) is 0 Å². The standard InChI is InChI=1S/C23H20F6N2O5S/c1-36-12-16-3-2-6-31(16)37(34,35)17-4-5-19-18(10-17)20(32)21(33)30(19)11-13-7-14(22(24,25)26)9-15(8-13)23(27,28)29/h4-5,7-10,16H,2-3,6,11-12H2,1H3/t16-/m0/s1. The van der Waals surface area contributed by atoms with E-state index < -0.39 is 63.3 Å². The number of rotatable bonds is 6. The molecule has 1 atom stereocenters. The van der Waals surface area contributed by atoms with Gasteiger partial charge in [-0.2, -0.15) is 30.6 Å². The predicted octanol–water partition coefficient (Wildman–Crippen LogP) is 4.25. The lowest BCUT2D eigenvalue weighted by molar-refractivity contribution is -0.143. The molecule has 0 radical (unpaired) electrons. The summed E-state index contributed by atoms with van der Waals surface area (Å²) in [6, 6.07) is 3.76. The third-order valence-corrected chi connectivity index (χ3v) is 8.17. The van der Waals surface area contributed by atoms with Crippen molar-refractivity contribution in [2.45, 2.75) is 42.7 Å². The number of carbonyl (C=O) groups excluding carboxylic acids is 2. The van der Waals surface area contributed by atoms with Crippen molar-refractivity contribution >= 4 is 27.4 Å². The highest BCUT2D eigenvalue weighted by atomic mass is 32.2. The van der Waals surface area contributed by atoms with Crippen LogP contribution in [0, 0.1) is 0 Å². The molecule has 0 spiro atoms. The zero-order valence-corrected chi connectivity index (χ0v) is 20.0. The predicted molar refractivity (Wildman–Crippen MR) is 117 cm³/mol. The Balaban J connectivity index is 1.70. The minimum Gasteiger partial charge on any atom is -0.383 e. The molecule has 4 rings (SSSR count). The number of hydrogen-bond acceptors (Lipinski definition) is 5. The van der Waals surface area contributed by atoms with Crippen LogP contribution < -0.4 is 4.90 Å². The first-order chi connectivity index (χ1) is 17.1. The highest BCUT2D eigenvalue weighted by Crippen LogP contribution is 2.38. The lowest BCUT2D eigenvalue weighted by Crippen LogP contribution is -2.38. The summed E-state index contributed by atoms with van der Waals surface area (Å²) in [6.07, 6.45) is -9.00. The normalized spacial score (nSPS) is 19.1. The van der Waals surface area contributed by atoms with Crippen molar-refractivity contribution in [1.82, 2.24) is 4.31 Å². The van der Waals surface area contributed by atoms with Gasteiger partial charge in [0.1, 0.15) is 0 Å². The second-order valence-electron chi connectivity index (χ2n) is 8.68. The molecule has 0 unspecified atom stereocenters. The molecule has 2 aromatic carbocycles. The Morgan fingerprint density at radius 2 is 1.59 bits per heavy atom. The van der Waals surface area contributed by atoms with Crippen LogP contribution in [-0.2, 0) is 38.5 Å². The molecule has 1 amide bonds. The number of ether oxygens (including phenoxy) is 1. The third kappa shape index (κ3) is 5.09. The van der Waals surface area contributed by atoms with Crippen molar-refractivity contribution in [3.05, 3.63) is 58.7 Å².